The zero-order valence-electron chi connectivity index (χ0n) is 23.9. The molecule has 1 aromatic carbocycles. The first-order valence-electron chi connectivity index (χ1n) is 14.8. The number of aliphatic hydroxyl groups is 1. The number of hydrogen-bond acceptors (Lipinski definition) is 8. The Balaban J connectivity index is 1.50. The number of fused-ring (bicyclic) bond motifs is 1. The van der Waals surface area contributed by atoms with Gasteiger partial charge in [0, 0.05) is 23.2 Å². The Morgan fingerprint density at radius 1 is 1.20 bits per heavy atom. The number of ether oxygens (including phenoxy) is 2. The van der Waals surface area contributed by atoms with Crippen molar-refractivity contribution < 1.29 is 23.9 Å². The first-order valence-corrected chi connectivity index (χ1v) is 14.8. The third-order valence-corrected chi connectivity index (χ3v) is 8.95. The monoisotopic (exact) mass is 556 g/mol. The summed E-state index contributed by atoms with van der Waals surface area (Å²) in [6.07, 6.45) is 7.93. The Kier molecular flexibility index (Phi) is 6.28. The van der Waals surface area contributed by atoms with Crippen molar-refractivity contribution in [1.82, 2.24) is 19.7 Å². The molecule has 214 valence electrons. The van der Waals surface area contributed by atoms with Crippen LogP contribution in [0.4, 0.5) is 4.79 Å². The smallest absolute Gasteiger partial charge is 0.419 e. The molecule has 1 N–H and O–H groups in total. The zero-order valence-corrected chi connectivity index (χ0v) is 23.9. The number of aromatic nitrogens is 4. The lowest BCUT2D eigenvalue weighted by atomic mass is 9.81. The molecule has 9 heteroatoms. The van der Waals surface area contributed by atoms with Gasteiger partial charge in [0.1, 0.15) is 11.6 Å². The van der Waals surface area contributed by atoms with Crippen LogP contribution >= 0.6 is 0 Å². The fourth-order valence-electron chi connectivity index (χ4n) is 6.38. The second-order valence-electron chi connectivity index (χ2n) is 11.9. The first kappa shape index (κ1) is 26.3. The van der Waals surface area contributed by atoms with Gasteiger partial charge in [0.05, 0.1) is 40.7 Å². The Labute approximate surface area is 238 Å². The molecule has 7 rings (SSSR count). The highest BCUT2D eigenvalue weighted by molar-refractivity contribution is 5.94. The third kappa shape index (κ3) is 4.37. The average molecular weight is 557 g/mol. The van der Waals surface area contributed by atoms with Crippen molar-refractivity contribution in [1.29, 1.82) is 0 Å². The molecule has 1 spiro atoms. The Morgan fingerprint density at radius 2 is 2.02 bits per heavy atom. The van der Waals surface area contributed by atoms with Gasteiger partial charge in [0.2, 0.25) is 0 Å². The molecule has 4 heterocycles. The van der Waals surface area contributed by atoms with Crippen LogP contribution in [0.5, 0.6) is 0 Å². The minimum absolute atomic E-state index is 0.159. The van der Waals surface area contributed by atoms with E-state index in [4.69, 9.17) is 19.0 Å². The van der Waals surface area contributed by atoms with Crippen molar-refractivity contribution in [3.63, 3.8) is 0 Å². The van der Waals surface area contributed by atoms with Gasteiger partial charge >= 0.3 is 6.09 Å². The Morgan fingerprint density at radius 3 is 2.66 bits per heavy atom. The normalized spacial score (nSPS) is 20.9. The molecule has 1 aliphatic heterocycles. The maximum absolute atomic E-state index is 13.6. The van der Waals surface area contributed by atoms with Crippen LogP contribution in [0.25, 0.3) is 22.2 Å². The number of nitrogens with zero attached hydrogens (tertiary/aromatic N) is 4. The maximum Gasteiger partial charge on any atom is 0.419 e. The summed E-state index contributed by atoms with van der Waals surface area (Å²) in [6, 6.07) is 9.46. The number of unbranched alkanes of at least 4 members (excludes halogenated alkanes) is 1. The number of pyridine rings is 1. The van der Waals surface area contributed by atoms with Crippen molar-refractivity contribution in [2.75, 3.05) is 6.61 Å². The highest BCUT2D eigenvalue weighted by Gasteiger charge is 2.57. The highest BCUT2D eigenvalue weighted by atomic mass is 16.6. The molecule has 3 fully saturated rings. The number of rotatable bonds is 8. The van der Waals surface area contributed by atoms with Crippen LogP contribution in [0.15, 0.2) is 41.1 Å². The number of carbonyl (C=O) groups is 1. The van der Waals surface area contributed by atoms with Gasteiger partial charge in [0.25, 0.3) is 0 Å². The summed E-state index contributed by atoms with van der Waals surface area (Å²) in [6.45, 7) is 6.16. The summed E-state index contributed by atoms with van der Waals surface area (Å²) in [5.74, 6) is 1.49. The van der Waals surface area contributed by atoms with Gasteiger partial charge in [-0.3, -0.25) is 4.98 Å². The molecule has 0 unspecified atom stereocenters. The summed E-state index contributed by atoms with van der Waals surface area (Å²) in [7, 11) is 0. The quantitative estimate of drug-likeness (QED) is 0.251. The molecule has 2 atom stereocenters. The van der Waals surface area contributed by atoms with Crippen LogP contribution in [-0.2, 0) is 15.1 Å². The van der Waals surface area contributed by atoms with Crippen LogP contribution in [-0.4, -0.2) is 49.2 Å². The van der Waals surface area contributed by atoms with Gasteiger partial charge in [-0.15, -0.1) is 0 Å². The molecular formula is C32H36N4O5. The fourth-order valence-corrected chi connectivity index (χ4v) is 6.38. The predicted octanol–water partition coefficient (Wildman–Crippen LogP) is 6.31. The van der Waals surface area contributed by atoms with Crippen molar-refractivity contribution in [3.8, 4) is 11.1 Å². The molecule has 1 saturated heterocycles. The van der Waals surface area contributed by atoms with E-state index in [9.17, 15) is 9.90 Å². The van der Waals surface area contributed by atoms with E-state index in [1.807, 2.05) is 44.2 Å². The van der Waals surface area contributed by atoms with E-state index in [0.29, 0.717) is 46.9 Å². The predicted molar refractivity (Wildman–Crippen MR) is 152 cm³/mol. The minimum atomic E-state index is -1.60. The average Bonchev–Trinajstić information content (AvgIpc) is 3.85. The highest BCUT2D eigenvalue weighted by Crippen LogP contribution is 2.55. The number of imidazole rings is 1. The fraction of sp³-hybridized carbons (Fsp3) is 0.500. The van der Waals surface area contributed by atoms with Gasteiger partial charge in [-0.1, -0.05) is 24.6 Å². The lowest BCUT2D eigenvalue weighted by molar-refractivity contribution is -0.0934. The van der Waals surface area contributed by atoms with E-state index in [1.165, 1.54) is 0 Å². The van der Waals surface area contributed by atoms with E-state index < -0.39 is 17.8 Å². The minimum Gasteiger partial charge on any atom is -0.449 e. The molecule has 2 aliphatic carbocycles. The molecule has 0 radical (unpaired) electrons. The molecule has 0 amide bonds. The van der Waals surface area contributed by atoms with Crippen molar-refractivity contribution >= 4 is 17.1 Å². The lowest BCUT2D eigenvalue weighted by Crippen LogP contribution is -2.42. The van der Waals surface area contributed by atoms with Gasteiger partial charge in [-0.05, 0) is 88.6 Å². The van der Waals surface area contributed by atoms with Crippen LogP contribution in [0.2, 0.25) is 0 Å². The van der Waals surface area contributed by atoms with E-state index in [1.54, 1.807) is 10.8 Å². The second kappa shape index (κ2) is 9.77. The summed E-state index contributed by atoms with van der Waals surface area (Å²) < 4.78 is 19.5. The molecule has 3 aromatic heterocycles. The van der Waals surface area contributed by atoms with Crippen LogP contribution in [0.1, 0.15) is 92.7 Å². The van der Waals surface area contributed by atoms with Gasteiger partial charge in [-0.2, -0.15) is 0 Å². The van der Waals surface area contributed by atoms with Crippen molar-refractivity contribution in [3.05, 3.63) is 65.1 Å². The Hall–Kier alpha value is -3.56. The Bertz CT molecular complexity index is 1600. The van der Waals surface area contributed by atoms with Crippen LogP contribution in [0.3, 0.4) is 0 Å². The molecule has 0 bridgehead atoms. The lowest BCUT2D eigenvalue weighted by Gasteiger charge is -2.34. The SMILES string of the molecule is CCCCOC(=O)n1c(C2CC2)nc2c([C@](O)(c3ccccn3)[C@H]3CCC4(CC4)O3)cc(-c3c(C)noc3C)cc21. The van der Waals surface area contributed by atoms with Crippen molar-refractivity contribution in [2.45, 2.75) is 95.4 Å². The molecule has 3 aliphatic rings. The largest absolute Gasteiger partial charge is 0.449 e. The van der Waals surface area contributed by atoms with E-state index in [0.717, 1.165) is 61.8 Å². The summed E-state index contributed by atoms with van der Waals surface area (Å²) in [5, 5.41) is 17.1. The summed E-state index contributed by atoms with van der Waals surface area (Å²) >= 11 is 0. The summed E-state index contributed by atoms with van der Waals surface area (Å²) in [4.78, 5) is 23.4. The van der Waals surface area contributed by atoms with Gasteiger partial charge < -0.3 is 19.1 Å². The topological polar surface area (TPSA) is 113 Å². The summed E-state index contributed by atoms with van der Waals surface area (Å²) in [5.41, 5.74) is 2.77. The molecular weight excluding hydrogens is 520 g/mol. The number of carbonyl (C=O) groups excluding carboxylic acids is 1. The van der Waals surface area contributed by atoms with Crippen molar-refractivity contribution in [2.24, 2.45) is 0 Å². The number of hydrogen-bond donors (Lipinski definition) is 1. The first-order chi connectivity index (χ1) is 19.8. The molecule has 4 aromatic rings. The van der Waals surface area contributed by atoms with Crippen LogP contribution < -0.4 is 0 Å². The number of aryl methyl sites for hydroxylation is 2. The molecule has 2 saturated carbocycles. The zero-order chi connectivity index (χ0) is 28.4. The van der Waals surface area contributed by atoms with E-state index in [-0.39, 0.29) is 11.5 Å². The maximum atomic E-state index is 13.6. The van der Waals surface area contributed by atoms with E-state index >= 15 is 0 Å². The van der Waals surface area contributed by atoms with Crippen LogP contribution in [0, 0.1) is 13.8 Å². The molecule has 9 nitrogen and oxygen atoms in total. The number of benzene rings is 1. The second-order valence-corrected chi connectivity index (χ2v) is 11.9. The molecule has 41 heavy (non-hydrogen) atoms. The van der Waals surface area contributed by atoms with Gasteiger partial charge in [0.15, 0.2) is 5.60 Å². The van der Waals surface area contributed by atoms with E-state index in [2.05, 4.69) is 17.1 Å². The van der Waals surface area contributed by atoms with Gasteiger partial charge in [-0.25, -0.2) is 14.3 Å². The standard InChI is InChI=1S/C32H36N4O5/c1-4-5-16-39-30(37)36-24-18-22(27-19(2)35-41-20(27)3)17-23(28(24)34-29(36)21-9-10-21)32(38,25-8-6-7-15-33-25)26-11-12-31(40-26)13-14-31/h6-8,15,17-18,21,26,38H,4-5,9-14,16H2,1-3H3/t26-,32+/m1/s1. The third-order valence-electron chi connectivity index (χ3n) is 8.95.